The molecule has 0 unspecified atom stereocenters. The molecule has 1 aromatic heterocycles. The van der Waals surface area contributed by atoms with E-state index in [1.807, 2.05) is 13.8 Å². The first-order valence-electron chi connectivity index (χ1n) is 4.67. The normalized spacial score (nSPS) is 10.1. The predicted octanol–water partition coefficient (Wildman–Crippen LogP) is 1.39. The van der Waals surface area contributed by atoms with Crippen LogP contribution in [0.25, 0.3) is 0 Å². The van der Waals surface area contributed by atoms with E-state index in [2.05, 4.69) is 4.98 Å². The number of pyridine rings is 1. The lowest BCUT2D eigenvalue weighted by Gasteiger charge is -2.06. The van der Waals surface area contributed by atoms with E-state index in [1.54, 1.807) is 12.1 Å². The summed E-state index contributed by atoms with van der Waals surface area (Å²) in [6.07, 6.45) is 0. The van der Waals surface area contributed by atoms with Crippen molar-refractivity contribution in [2.24, 2.45) is 0 Å². The summed E-state index contributed by atoms with van der Waals surface area (Å²) >= 11 is 0. The zero-order valence-corrected chi connectivity index (χ0v) is 8.62. The molecule has 1 heterocycles. The van der Waals surface area contributed by atoms with Gasteiger partial charge in [0.25, 0.3) is 0 Å². The van der Waals surface area contributed by atoms with Crippen molar-refractivity contribution in [2.75, 3.05) is 25.6 Å². The Bertz CT molecular complexity index is 289. The fourth-order valence-electron chi connectivity index (χ4n) is 0.979. The van der Waals surface area contributed by atoms with Gasteiger partial charge in [0.05, 0.1) is 18.0 Å². The van der Waals surface area contributed by atoms with Crippen LogP contribution < -0.4 is 10.5 Å². The number of nitrogens with two attached hydrogens (primary N) is 1. The van der Waals surface area contributed by atoms with Crippen LogP contribution in [0.2, 0.25) is 0 Å². The third kappa shape index (κ3) is 3.22. The number of hydrogen-bond acceptors (Lipinski definition) is 4. The number of ether oxygens (including phenoxy) is 2. The fraction of sp³-hybridized carbons (Fsp3) is 0.500. The molecule has 0 radical (unpaired) electrons. The average molecular weight is 196 g/mol. The van der Waals surface area contributed by atoms with Crippen molar-refractivity contribution >= 4 is 5.69 Å². The van der Waals surface area contributed by atoms with Gasteiger partial charge in [-0.2, -0.15) is 0 Å². The second-order valence-corrected chi connectivity index (χ2v) is 2.87. The number of aromatic nitrogens is 1. The summed E-state index contributed by atoms with van der Waals surface area (Å²) in [6.45, 7) is 5.61. The van der Waals surface area contributed by atoms with Crippen molar-refractivity contribution in [3.05, 3.63) is 17.8 Å². The highest BCUT2D eigenvalue weighted by Crippen LogP contribution is 2.13. The van der Waals surface area contributed by atoms with E-state index in [0.29, 0.717) is 31.4 Å². The maximum absolute atomic E-state index is 5.62. The summed E-state index contributed by atoms with van der Waals surface area (Å²) in [5, 5.41) is 0. The van der Waals surface area contributed by atoms with Gasteiger partial charge in [-0.05, 0) is 19.9 Å². The summed E-state index contributed by atoms with van der Waals surface area (Å²) < 4.78 is 10.5. The molecular formula is C10H16N2O2. The number of nitrogen functional groups attached to an aromatic ring is 1. The largest absolute Gasteiger partial charge is 0.475 e. The maximum atomic E-state index is 5.62. The van der Waals surface area contributed by atoms with E-state index in [9.17, 15) is 0 Å². The Morgan fingerprint density at radius 2 is 2.14 bits per heavy atom. The summed E-state index contributed by atoms with van der Waals surface area (Å²) in [4.78, 5) is 4.17. The van der Waals surface area contributed by atoms with Crippen LogP contribution in [0, 0.1) is 6.92 Å². The van der Waals surface area contributed by atoms with Gasteiger partial charge in [-0.1, -0.05) is 0 Å². The molecule has 4 nitrogen and oxygen atoms in total. The second-order valence-electron chi connectivity index (χ2n) is 2.87. The fourth-order valence-corrected chi connectivity index (χ4v) is 0.979. The molecule has 0 aliphatic heterocycles. The van der Waals surface area contributed by atoms with Crippen molar-refractivity contribution in [2.45, 2.75) is 13.8 Å². The van der Waals surface area contributed by atoms with Crippen molar-refractivity contribution in [3.8, 4) is 5.88 Å². The van der Waals surface area contributed by atoms with Gasteiger partial charge in [0.15, 0.2) is 0 Å². The zero-order valence-electron chi connectivity index (χ0n) is 8.62. The Kier molecular flexibility index (Phi) is 4.19. The first kappa shape index (κ1) is 10.8. The third-order valence-electron chi connectivity index (χ3n) is 1.78. The van der Waals surface area contributed by atoms with E-state index >= 15 is 0 Å². The van der Waals surface area contributed by atoms with E-state index in [4.69, 9.17) is 15.2 Å². The molecule has 0 bridgehead atoms. The SMILES string of the molecule is CCOCCOc1ccc(N)c(C)n1. The first-order chi connectivity index (χ1) is 6.74. The Labute approximate surface area is 84.0 Å². The summed E-state index contributed by atoms with van der Waals surface area (Å²) in [5.74, 6) is 0.594. The molecule has 0 aliphatic carbocycles. The van der Waals surface area contributed by atoms with E-state index in [1.165, 1.54) is 0 Å². The van der Waals surface area contributed by atoms with E-state index in [-0.39, 0.29) is 0 Å². The van der Waals surface area contributed by atoms with Crippen LogP contribution in [0.3, 0.4) is 0 Å². The van der Waals surface area contributed by atoms with Crippen LogP contribution in [0.15, 0.2) is 12.1 Å². The molecular weight excluding hydrogens is 180 g/mol. The smallest absolute Gasteiger partial charge is 0.213 e. The molecule has 0 spiro atoms. The Balaban J connectivity index is 2.39. The minimum absolute atomic E-state index is 0.518. The van der Waals surface area contributed by atoms with Crippen molar-refractivity contribution in [1.82, 2.24) is 4.98 Å². The van der Waals surface area contributed by atoms with Gasteiger partial charge in [-0.15, -0.1) is 0 Å². The van der Waals surface area contributed by atoms with E-state index < -0.39 is 0 Å². The minimum Gasteiger partial charge on any atom is -0.475 e. The molecule has 0 atom stereocenters. The summed E-state index contributed by atoms with van der Waals surface area (Å²) in [6, 6.07) is 3.55. The molecule has 1 rings (SSSR count). The monoisotopic (exact) mass is 196 g/mol. The molecule has 0 saturated carbocycles. The lowest BCUT2D eigenvalue weighted by molar-refractivity contribution is 0.108. The number of anilines is 1. The van der Waals surface area contributed by atoms with E-state index in [0.717, 1.165) is 5.69 Å². The lowest BCUT2D eigenvalue weighted by atomic mass is 10.3. The number of nitrogens with zero attached hydrogens (tertiary/aromatic N) is 1. The van der Waals surface area contributed by atoms with Crippen LogP contribution >= 0.6 is 0 Å². The molecule has 1 aromatic rings. The van der Waals surface area contributed by atoms with Crippen LogP contribution in [-0.4, -0.2) is 24.8 Å². The van der Waals surface area contributed by atoms with Crippen LogP contribution in [0.5, 0.6) is 5.88 Å². The number of hydrogen-bond donors (Lipinski definition) is 1. The standard InChI is InChI=1S/C10H16N2O2/c1-3-13-6-7-14-10-5-4-9(11)8(2)12-10/h4-5H,3,6-7,11H2,1-2H3. The number of rotatable bonds is 5. The van der Waals surface area contributed by atoms with Crippen molar-refractivity contribution in [1.29, 1.82) is 0 Å². The van der Waals surface area contributed by atoms with Crippen molar-refractivity contribution in [3.63, 3.8) is 0 Å². The van der Waals surface area contributed by atoms with Gasteiger partial charge >= 0.3 is 0 Å². The van der Waals surface area contributed by atoms with Gasteiger partial charge in [0.1, 0.15) is 6.61 Å². The van der Waals surface area contributed by atoms with Gasteiger partial charge in [0.2, 0.25) is 5.88 Å². The number of aryl methyl sites for hydroxylation is 1. The average Bonchev–Trinajstić information content (AvgIpc) is 2.18. The predicted molar refractivity (Wildman–Crippen MR) is 55.4 cm³/mol. The minimum atomic E-state index is 0.518. The highest BCUT2D eigenvalue weighted by atomic mass is 16.5. The Morgan fingerprint density at radius 1 is 1.36 bits per heavy atom. The molecule has 0 amide bonds. The molecule has 0 saturated heterocycles. The van der Waals surface area contributed by atoms with Crippen LogP contribution in [-0.2, 0) is 4.74 Å². The maximum Gasteiger partial charge on any atom is 0.213 e. The first-order valence-corrected chi connectivity index (χ1v) is 4.67. The molecule has 2 N–H and O–H groups in total. The van der Waals surface area contributed by atoms with Crippen LogP contribution in [0.1, 0.15) is 12.6 Å². The highest BCUT2D eigenvalue weighted by molar-refractivity contribution is 5.43. The Hall–Kier alpha value is -1.29. The molecule has 0 aliphatic rings. The van der Waals surface area contributed by atoms with Gasteiger partial charge in [-0.3, -0.25) is 0 Å². The summed E-state index contributed by atoms with van der Waals surface area (Å²) in [5.41, 5.74) is 7.10. The molecule has 14 heavy (non-hydrogen) atoms. The quantitative estimate of drug-likeness (QED) is 0.723. The Morgan fingerprint density at radius 3 is 2.79 bits per heavy atom. The second kappa shape index (κ2) is 5.44. The topological polar surface area (TPSA) is 57.4 Å². The van der Waals surface area contributed by atoms with Gasteiger partial charge in [0, 0.05) is 12.7 Å². The molecule has 4 heteroatoms. The zero-order chi connectivity index (χ0) is 10.4. The lowest BCUT2D eigenvalue weighted by Crippen LogP contribution is -2.07. The summed E-state index contributed by atoms with van der Waals surface area (Å²) in [7, 11) is 0. The molecule has 0 aromatic carbocycles. The van der Waals surface area contributed by atoms with Gasteiger partial charge in [-0.25, -0.2) is 4.98 Å². The molecule has 0 fully saturated rings. The molecule has 78 valence electrons. The van der Waals surface area contributed by atoms with Crippen molar-refractivity contribution < 1.29 is 9.47 Å². The van der Waals surface area contributed by atoms with Crippen LogP contribution in [0.4, 0.5) is 5.69 Å². The third-order valence-corrected chi connectivity index (χ3v) is 1.78. The highest BCUT2D eigenvalue weighted by Gasteiger charge is 1.98. The van der Waals surface area contributed by atoms with Gasteiger partial charge < -0.3 is 15.2 Å².